The molecule has 35 heavy (non-hydrogen) atoms. The highest BCUT2D eigenvalue weighted by molar-refractivity contribution is 7.19. The molecule has 1 N–H and O–H groups in total. The van der Waals surface area contributed by atoms with Crippen molar-refractivity contribution in [1.29, 1.82) is 0 Å². The van der Waals surface area contributed by atoms with Gasteiger partial charge in [0, 0.05) is 6.07 Å². The van der Waals surface area contributed by atoms with Crippen molar-refractivity contribution in [2.24, 2.45) is 0 Å². The summed E-state index contributed by atoms with van der Waals surface area (Å²) in [6.45, 7) is 0. The summed E-state index contributed by atoms with van der Waals surface area (Å²) in [4.78, 5) is 3.14. The van der Waals surface area contributed by atoms with E-state index in [9.17, 15) is 0 Å². The van der Waals surface area contributed by atoms with Gasteiger partial charge in [-0.1, -0.05) is 145 Å². The third kappa shape index (κ3) is 5.14. The maximum Gasteiger partial charge on any atom is 0.224 e. The van der Waals surface area contributed by atoms with Crippen molar-refractivity contribution in [3.63, 3.8) is 0 Å². The summed E-state index contributed by atoms with van der Waals surface area (Å²) in [5.41, 5.74) is 8.57. The van der Waals surface area contributed by atoms with Crippen LogP contribution in [0.4, 0.5) is 0 Å². The molecule has 4 heteroatoms. The molecule has 0 unspecified atom stereocenters. The van der Waals surface area contributed by atoms with Gasteiger partial charge in [0.05, 0.1) is 0 Å². The highest BCUT2D eigenvalue weighted by Gasteiger charge is 2.30. The summed E-state index contributed by atoms with van der Waals surface area (Å²) >= 11 is 1.73. The standard InChI is InChI=1S/C24H20B.C7H5NS.BrH/c1-5-13-21(14-6-1)25(22-15-7-2-8-16-22,23-17-9-3-10-18-23)24-19-11-4-12-20-24;1-2-4-7-6(3-1)8-5-9-7;/h1-20H;1-5H;1H/q-1;;. The number of hydrogen-bond donors (Lipinski definition) is 0. The molecule has 6 aromatic rings. The highest BCUT2D eigenvalue weighted by Crippen LogP contribution is 2.12. The van der Waals surface area contributed by atoms with Gasteiger partial charge < -0.3 is 17.0 Å². The lowest BCUT2D eigenvalue weighted by molar-refractivity contribution is -0.338. The van der Waals surface area contributed by atoms with Crippen LogP contribution < -0.4 is 43.8 Å². The Kier molecular flexibility index (Phi) is 8.30. The minimum absolute atomic E-state index is 0. The van der Waals surface area contributed by atoms with E-state index >= 15 is 0 Å². The molecule has 0 radical (unpaired) electrons. The van der Waals surface area contributed by atoms with Crippen LogP contribution in [0, 0.1) is 0 Å². The number of benzene rings is 5. The van der Waals surface area contributed by atoms with Crippen LogP contribution >= 0.6 is 11.3 Å². The minimum Gasteiger partial charge on any atom is -1.00 e. The maximum atomic E-state index is 3.14. The van der Waals surface area contributed by atoms with Gasteiger partial charge in [-0.15, -0.1) is 0 Å². The largest absolute Gasteiger partial charge is 1.00 e. The van der Waals surface area contributed by atoms with Crippen LogP contribution in [0.5, 0.6) is 0 Å². The number of thiazole rings is 1. The number of aromatic amines is 1. The van der Waals surface area contributed by atoms with Crippen LogP contribution in [0.2, 0.25) is 0 Å². The third-order valence-corrected chi connectivity index (χ3v) is 7.33. The molecule has 0 atom stereocenters. The van der Waals surface area contributed by atoms with Gasteiger partial charge in [0.2, 0.25) is 11.0 Å². The molecule has 0 aliphatic rings. The maximum absolute atomic E-state index is 3.14. The molecule has 6 rings (SSSR count). The van der Waals surface area contributed by atoms with Gasteiger partial charge in [0.1, 0.15) is 10.8 Å². The topological polar surface area (TPSA) is 14.1 Å². The number of halogens is 1. The number of rotatable bonds is 4. The van der Waals surface area contributed by atoms with Crippen molar-refractivity contribution in [3.05, 3.63) is 151 Å². The van der Waals surface area contributed by atoms with Crippen molar-refractivity contribution in [2.75, 3.05) is 0 Å². The van der Waals surface area contributed by atoms with E-state index in [1.165, 1.54) is 32.1 Å². The van der Waals surface area contributed by atoms with E-state index in [0.29, 0.717) is 0 Å². The molecule has 172 valence electrons. The molecule has 0 saturated heterocycles. The molecular weight excluding hydrogens is 509 g/mol. The monoisotopic (exact) mass is 534 g/mol. The molecule has 1 heterocycles. The molecule has 1 nitrogen and oxygen atoms in total. The Morgan fingerprint density at radius 1 is 0.429 bits per heavy atom. The lowest BCUT2D eigenvalue weighted by Crippen LogP contribution is -3.00. The van der Waals surface area contributed by atoms with E-state index in [4.69, 9.17) is 0 Å². The zero-order chi connectivity index (χ0) is 23.1. The summed E-state index contributed by atoms with van der Waals surface area (Å²) in [7, 11) is 0. The number of aromatic nitrogens is 1. The molecule has 0 fully saturated rings. The van der Waals surface area contributed by atoms with Crippen molar-refractivity contribution in [1.82, 2.24) is 0 Å². The van der Waals surface area contributed by atoms with Crippen LogP contribution in [-0.4, -0.2) is 6.15 Å². The number of hydrogen-bond acceptors (Lipinski definition) is 1. The van der Waals surface area contributed by atoms with Crippen molar-refractivity contribution in [3.8, 4) is 0 Å². The minimum atomic E-state index is -1.22. The van der Waals surface area contributed by atoms with E-state index in [2.05, 4.69) is 138 Å². The molecule has 0 aliphatic carbocycles. The van der Waals surface area contributed by atoms with E-state index in [1.807, 2.05) is 17.6 Å². The fraction of sp³-hybridized carbons (Fsp3) is 0. The first kappa shape index (κ1) is 24.7. The summed E-state index contributed by atoms with van der Waals surface area (Å²) < 4.78 is 1.32. The fourth-order valence-corrected chi connectivity index (χ4v) is 5.69. The lowest BCUT2D eigenvalue weighted by atomic mass is 9.13. The average Bonchev–Trinajstić information content (AvgIpc) is 3.41. The van der Waals surface area contributed by atoms with Crippen molar-refractivity contribution >= 4 is 49.6 Å². The first-order valence-electron chi connectivity index (χ1n) is 11.6. The van der Waals surface area contributed by atoms with E-state index in [1.54, 1.807) is 11.3 Å². The summed E-state index contributed by atoms with van der Waals surface area (Å²) in [5.74, 6) is 0. The van der Waals surface area contributed by atoms with Gasteiger partial charge in [0.15, 0.2) is 0 Å². The van der Waals surface area contributed by atoms with Gasteiger partial charge in [-0.3, -0.25) is 0 Å². The average molecular weight is 535 g/mol. The predicted octanol–water partition coefficient (Wildman–Crippen LogP) is 1.78. The number of nitrogens with one attached hydrogen (secondary N) is 1. The Balaban J connectivity index is 0.000000242. The Bertz CT molecular complexity index is 1240. The summed E-state index contributed by atoms with van der Waals surface area (Å²) in [6, 6.07) is 51.8. The van der Waals surface area contributed by atoms with Gasteiger partial charge in [-0.05, 0) is 6.07 Å². The van der Waals surface area contributed by atoms with Crippen LogP contribution in [0.25, 0.3) is 10.2 Å². The van der Waals surface area contributed by atoms with Gasteiger partial charge in [-0.25, -0.2) is 4.98 Å². The van der Waals surface area contributed by atoms with Crippen LogP contribution in [0.15, 0.2) is 151 Å². The molecule has 0 aliphatic heterocycles. The van der Waals surface area contributed by atoms with E-state index < -0.39 is 6.15 Å². The van der Waals surface area contributed by atoms with Crippen LogP contribution in [0.1, 0.15) is 0 Å². The number of para-hydroxylation sites is 1. The zero-order valence-electron chi connectivity index (χ0n) is 19.3. The first-order valence-corrected chi connectivity index (χ1v) is 12.5. The summed E-state index contributed by atoms with van der Waals surface area (Å²) in [6.07, 6.45) is -1.22. The van der Waals surface area contributed by atoms with Crippen LogP contribution in [0.3, 0.4) is 0 Å². The molecule has 1 aromatic heterocycles. The number of H-pyrrole nitrogens is 1. The second-order valence-corrected chi connectivity index (χ2v) is 9.30. The normalized spacial score (nSPS) is 10.6. The van der Waals surface area contributed by atoms with Crippen molar-refractivity contribution in [2.45, 2.75) is 0 Å². The lowest BCUT2D eigenvalue weighted by Gasteiger charge is -2.44. The second-order valence-electron chi connectivity index (χ2n) is 8.38. The Labute approximate surface area is 221 Å². The highest BCUT2D eigenvalue weighted by atomic mass is 79.9. The van der Waals surface area contributed by atoms with Gasteiger partial charge in [0.25, 0.3) is 0 Å². The predicted molar refractivity (Wildman–Crippen MR) is 148 cm³/mol. The molecule has 0 bridgehead atoms. The summed E-state index contributed by atoms with van der Waals surface area (Å²) in [5, 5.41) is 0. The zero-order valence-corrected chi connectivity index (χ0v) is 21.7. The SMILES string of the molecule is [Br-].c1ccc([B-](c2ccccc2)(c2ccccc2)c2ccccc2)cc1.c1ccc2sc[nH+]c2c1. The quantitative estimate of drug-likeness (QED) is 0.306. The fourth-order valence-electron chi connectivity index (χ4n) is 4.97. The van der Waals surface area contributed by atoms with E-state index in [0.717, 1.165) is 0 Å². The Hall–Kier alpha value is -3.47. The molecule has 0 amide bonds. The Morgan fingerprint density at radius 2 is 0.771 bits per heavy atom. The van der Waals surface area contributed by atoms with Gasteiger partial charge in [-0.2, -0.15) is 21.9 Å². The molecule has 0 saturated carbocycles. The van der Waals surface area contributed by atoms with Gasteiger partial charge >= 0.3 is 0 Å². The van der Waals surface area contributed by atoms with E-state index in [-0.39, 0.29) is 17.0 Å². The van der Waals surface area contributed by atoms with Crippen LogP contribution in [-0.2, 0) is 0 Å². The second kappa shape index (κ2) is 11.8. The Morgan fingerprint density at radius 3 is 1.14 bits per heavy atom. The smallest absolute Gasteiger partial charge is 0.224 e. The van der Waals surface area contributed by atoms with Crippen molar-refractivity contribution < 1.29 is 22.0 Å². The third-order valence-electron chi connectivity index (χ3n) is 6.49. The number of fused-ring (bicyclic) bond motifs is 1. The molecule has 5 aromatic carbocycles. The first-order chi connectivity index (χ1) is 16.9. The molecular formula is C31H26BBrNS-. The molecule has 0 spiro atoms.